The number of carbonyl (C=O) groups is 1. The Morgan fingerprint density at radius 2 is 1.98 bits per heavy atom. The van der Waals surface area contributed by atoms with E-state index >= 15 is 8.78 Å². The van der Waals surface area contributed by atoms with Crippen molar-refractivity contribution in [2.75, 3.05) is 37.4 Å². The van der Waals surface area contributed by atoms with Crippen LogP contribution in [0.5, 0.6) is 0 Å². The number of fused-ring (bicyclic) bond motifs is 4. The SMILES string of the molecule is CN(C)[C@H]1CN(c2ncc3c4c(c(-c5c(F)ccc6sc(NC(=O)OC(C)(C)C)c(C#N)c56)c(F)c3n2)COC4)C[C@H]1O. The van der Waals surface area contributed by atoms with E-state index in [0.717, 1.165) is 11.3 Å². The van der Waals surface area contributed by atoms with Crippen molar-refractivity contribution in [3.05, 3.63) is 46.7 Å². The second-order valence-electron chi connectivity index (χ2n) is 11.9. The number of benzene rings is 2. The molecular weight excluding hydrogens is 578 g/mol. The van der Waals surface area contributed by atoms with E-state index in [0.29, 0.717) is 27.8 Å². The molecule has 4 heterocycles. The molecule has 1 amide bonds. The third-order valence-corrected chi connectivity index (χ3v) is 8.74. The number of amides is 1. The van der Waals surface area contributed by atoms with Crippen LogP contribution in [-0.4, -0.2) is 71.0 Å². The number of likely N-dealkylation sites (N-methyl/N-ethyl adjacent to an activating group) is 1. The van der Waals surface area contributed by atoms with E-state index in [1.165, 1.54) is 12.1 Å². The fraction of sp³-hybridized carbons (Fsp3) is 0.400. The molecule has 224 valence electrons. The Bertz CT molecular complexity index is 1830. The number of ether oxygens (including phenoxy) is 2. The number of carbonyl (C=O) groups excluding carboxylic acids is 1. The van der Waals surface area contributed by atoms with Crippen molar-refractivity contribution in [3.63, 3.8) is 0 Å². The Kier molecular flexibility index (Phi) is 7.21. The number of thiophene rings is 1. The first kappa shape index (κ1) is 29.1. The lowest BCUT2D eigenvalue weighted by atomic mass is 9.90. The molecule has 2 atom stereocenters. The number of aliphatic hydroxyl groups is 1. The number of nitrogens with zero attached hydrogens (tertiary/aromatic N) is 5. The van der Waals surface area contributed by atoms with Crippen molar-refractivity contribution < 1.29 is 28.2 Å². The average Bonchev–Trinajstić information content (AvgIpc) is 3.65. The van der Waals surface area contributed by atoms with Gasteiger partial charge in [-0.1, -0.05) is 0 Å². The Labute approximate surface area is 250 Å². The van der Waals surface area contributed by atoms with Gasteiger partial charge in [0.1, 0.15) is 28.0 Å². The largest absolute Gasteiger partial charge is 0.444 e. The summed E-state index contributed by atoms with van der Waals surface area (Å²) in [5, 5.41) is 24.1. The first-order valence-corrected chi connectivity index (χ1v) is 14.5. The lowest BCUT2D eigenvalue weighted by Crippen LogP contribution is -2.38. The fourth-order valence-electron chi connectivity index (χ4n) is 5.76. The van der Waals surface area contributed by atoms with Gasteiger partial charge in [-0.05, 0) is 58.1 Å². The smallest absolute Gasteiger partial charge is 0.412 e. The number of hydrogen-bond donors (Lipinski definition) is 2. The molecular formula is C30H30F2N6O4S. The highest BCUT2D eigenvalue weighted by Crippen LogP contribution is 2.47. The lowest BCUT2D eigenvalue weighted by Gasteiger charge is -2.21. The van der Waals surface area contributed by atoms with Crippen LogP contribution in [0.1, 0.15) is 37.5 Å². The molecule has 2 aliphatic rings. The van der Waals surface area contributed by atoms with Crippen LogP contribution >= 0.6 is 11.3 Å². The van der Waals surface area contributed by atoms with E-state index in [-0.39, 0.29) is 64.3 Å². The van der Waals surface area contributed by atoms with Crippen molar-refractivity contribution in [1.29, 1.82) is 5.26 Å². The topological polar surface area (TPSA) is 124 Å². The first-order chi connectivity index (χ1) is 20.4. The summed E-state index contributed by atoms with van der Waals surface area (Å²) in [5.74, 6) is -1.26. The summed E-state index contributed by atoms with van der Waals surface area (Å²) in [4.78, 5) is 25.3. The minimum Gasteiger partial charge on any atom is -0.444 e. The minimum atomic E-state index is -0.777. The zero-order valence-electron chi connectivity index (χ0n) is 24.3. The second-order valence-corrected chi connectivity index (χ2v) is 13.0. The molecule has 1 fully saturated rings. The van der Waals surface area contributed by atoms with Crippen LogP contribution in [0, 0.1) is 23.0 Å². The van der Waals surface area contributed by atoms with Gasteiger partial charge >= 0.3 is 6.09 Å². The maximum Gasteiger partial charge on any atom is 0.412 e. The molecule has 2 aromatic heterocycles. The highest BCUT2D eigenvalue weighted by Gasteiger charge is 2.35. The Hall–Kier alpha value is -3.96. The number of nitriles is 1. The maximum absolute atomic E-state index is 16.7. The summed E-state index contributed by atoms with van der Waals surface area (Å²) < 4.78 is 44.1. The van der Waals surface area contributed by atoms with Crippen molar-refractivity contribution in [3.8, 4) is 17.2 Å². The molecule has 4 aromatic rings. The van der Waals surface area contributed by atoms with Crippen molar-refractivity contribution in [2.45, 2.75) is 51.7 Å². The van der Waals surface area contributed by atoms with Crippen LogP contribution in [0.2, 0.25) is 0 Å². The number of aliphatic hydroxyl groups excluding tert-OH is 1. The first-order valence-electron chi connectivity index (χ1n) is 13.7. The quantitative estimate of drug-likeness (QED) is 0.324. The van der Waals surface area contributed by atoms with Crippen molar-refractivity contribution >= 4 is 49.4 Å². The number of hydrogen-bond acceptors (Lipinski definition) is 10. The van der Waals surface area contributed by atoms with Gasteiger partial charge in [0.2, 0.25) is 5.95 Å². The zero-order valence-corrected chi connectivity index (χ0v) is 25.1. The molecule has 2 N–H and O–H groups in total. The van der Waals surface area contributed by atoms with Crippen LogP contribution in [0.25, 0.3) is 32.1 Å². The summed E-state index contributed by atoms with van der Waals surface area (Å²) in [6.07, 6.45) is 0.135. The molecule has 2 aromatic carbocycles. The van der Waals surface area contributed by atoms with E-state index in [1.54, 1.807) is 31.9 Å². The van der Waals surface area contributed by atoms with Crippen LogP contribution in [0.4, 0.5) is 24.5 Å². The normalized spacial score (nSPS) is 18.5. The van der Waals surface area contributed by atoms with Gasteiger partial charge in [0.05, 0.1) is 30.9 Å². The van der Waals surface area contributed by atoms with Gasteiger partial charge in [-0.25, -0.2) is 23.5 Å². The monoisotopic (exact) mass is 608 g/mol. The van der Waals surface area contributed by atoms with Gasteiger partial charge in [-0.3, -0.25) is 5.32 Å². The van der Waals surface area contributed by atoms with Crippen LogP contribution < -0.4 is 10.2 Å². The van der Waals surface area contributed by atoms with Crippen LogP contribution in [0.15, 0.2) is 18.3 Å². The van der Waals surface area contributed by atoms with E-state index in [1.807, 2.05) is 19.0 Å². The molecule has 0 bridgehead atoms. The number of halogens is 2. The summed E-state index contributed by atoms with van der Waals surface area (Å²) >= 11 is 1.07. The third-order valence-electron chi connectivity index (χ3n) is 7.67. The molecule has 0 radical (unpaired) electrons. The summed E-state index contributed by atoms with van der Waals surface area (Å²) in [7, 11) is 3.74. The van der Waals surface area contributed by atoms with Gasteiger partial charge in [-0.2, -0.15) is 5.26 Å². The van der Waals surface area contributed by atoms with Crippen molar-refractivity contribution in [2.24, 2.45) is 0 Å². The predicted molar refractivity (Wildman–Crippen MR) is 159 cm³/mol. The van der Waals surface area contributed by atoms with Crippen LogP contribution in [0.3, 0.4) is 0 Å². The molecule has 43 heavy (non-hydrogen) atoms. The van der Waals surface area contributed by atoms with Gasteiger partial charge in [0.25, 0.3) is 0 Å². The Morgan fingerprint density at radius 3 is 2.65 bits per heavy atom. The van der Waals surface area contributed by atoms with Gasteiger partial charge in [0.15, 0.2) is 5.82 Å². The maximum atomic E-state index is 16.7. The van der Waals surface area contributed by atoms with E-state index < -0.39 is 29.4 Å². The van der Waals surface area contributed by atoms with Crippen molar-refractivity contribution in [1.82, 2.24) is 14.9 Å². The molecule has 6 rings (SSSR count). The Morgan fingerprint density at radius 1 is 1.23 bits per heavy atom. The number of β-amino-alcohol motifs (C(OH)–C–C–N with tert-alkyl or cyclic N) is 1. The molecule has 0 saturated carbocycles. The highest BCUT2D eigenvalue weighted by atomic mass is 32.1. The standard InChI is InChI=1S/C30H30F2N6O4S/c1-30(2,3)42-29(40)36-27-14(8-33)22-21(43-27)7-6-18(31)24(22)23-17-13-41-12-16(17)15-9-34-28(35-26(15)25(23)32)38-10-19(37(4)5)20(39)11-38/h6-7,9,19-20,39H,10-13H2,1-5H3,(H,36,40)/t19-,20+/m0/s1. The molecule has 10 nitrogen and oxygen atoms in total. The van der Waals surface area contributed by atoms with Gasteiger partial charge in [0, 0.05) is 45.9 Å². The molecule has 1 saturated heterocycles. The molecule has 0 unspecified atom stereocenters. The summed E-state index contributed by atoms with van der Waals surface area (Å²) in [6, 6.07) is 4.64. The van der Waals surface area contributed by atoms with E-state index in [9.17, 15) is 15.2 Å². The lowest BCUT2D eigenvalue weighted by molar-refractivity contribution is 0.0636. The Balaban J connectivity index is 1.54. The molecule has 0 spiro atoms. The van der Waals surface area contributed by atoms with Crippen LogP contribution in [-0.2, 0) is 22.7 Å². The third kappa shape index (κ3) is 5.04. The van der Waals surface area contributed by atoms with Gasteiger partial charge < -0.3 is 24.4 Å². The fourth-order valence-corrected chi connectivity index (χ4v) is 6.81. The van der Waals surface area contributed by atoms with Gasteiger partial charge in [-0.15, -0.1) is 11.3 Å². The number of aromatic nitrogens is 2. The minimum absolute atomic E-state index is 0.00307. The van der Waals surface area contributed by atoms with E-state index in [2.05, 4.69) is 21.4 Å². The number of nitrogens with one attached hydrogen (secondary N) is 1. The zero-order chi connectivity index (χ0) is 30.8. The summed E-state index contributed by atoms with van der Waals surface area (Å²) in [6.45, 7) is 6.05. The second kappa shape index (κ2) is 10.6. The molecule has 0 aliphatic carbocycles. The highest BCUT2D eigenvalue weighted by molar-refractivity contribution is 7.23. The summed E-state index contributed by atoms with van der Waals surface area (Å²) in [5.41, 5.74) is 0.157. The average molecular weight is 609 g/mol. The molecule has 2 aliphatic heterocycles. The molecule has 13 heteroatoms. The predicted octanol–water partition coefficient (Wildman–Crippen LogP) is 5.15. The number of anilines is 2. The van der Waals surface area contributed by atoms with E-state index in [4.69, 9.17) is 9.47 Å². The number of rotatable bonds is 4.